The molecule has 4 rings (SSSR count). The molecule has 31 heavy (non-hydrogen) atoms. The summed E-state index contributed by atoms with van der Waals surface area (Å²) in [5, 5.41) is 7.01. The number of halogens is 1. The molecule has 1 amide bonds. The average Bonchev–Trinajstić information content (AvgIpc) is 3.43. The number of nitrogens with one attached hydrogen (secondary N) is 1. The Bertz CT molecular complexity index is 1230. The number of rotatable bonds is 5. The fourth-order valence-corrected chi connectivity index (χ4v) is 7.74. The van der Waals surface area contributed by atoms with E-state index in [9.17, 15) is 21.6 Å². The molecule has 12 heteroatoms. The monoisotopic (exact) mass is 486 g/mol. The number of nitrogens with zero attached hydrogens (tertiary/aromatic N) is 3. The van der Waals surface area contributed by atoms with E-state index in [0.29, 0.717) is 36.5 Å². The largest absolute Gasteiger partial charge is 0.322 e. The van der Waals surface area contributed by atoms with Gasteiger partial charge in [-0.15, -0.1) is 0 Å². The van der Waals surface area contributed by atoms with Crippen molar-refractivity contribution in [2.75, 3.05) is 29.9 Å². The van der Waals surface area contributed by atoms with Crippen LogP contribution in [0.3, 0.4) is 0 Å². The van der Waals surface area contributed by atoms with Crippen LogP contribution in [0.1, 0.15) is 41.4 Å². The van der Waals surface area contributed by atoms with Crippen LogP contribution in [-0.2, 0) is 19.9 Å². The van der Waals surface area contributed by atoms with Gasteiger partial charge in [0.2, 0.25) is 10.0 Å². The first kappa shape index (κ1) is 22.3. The Labute approximate surface area is 186 Å². The van der Waals surface area contributed by atoms with E-state index in [2.05, 4.69) is 10.4 Å². The number of anilines is 1. The molecular weight excluding hydrogens is 464 g/mol. The Morgan fingerprint density at radius 2 is 1.97 bits per heavy atom. The maximum atomic E-state index is 12.9. The lowest BCUT2D eigenvalue weighted by Gasteiger charge is -2.17. The Hall–Kier alpha value is -1.95. The van der Waals surface area contributed by atoms with Crippen molar-refractivity contribution in [2.45, 2.75) is 37.1 Å². The summed E-state index contributed by atoms with van der Waals surface area (Å²) in [7, 11) is -6.83. The van der Waals surface area contributed by atoms with E-state index in [4.69, 9.17) is 11.6 Å². The van der Waals surface area contributed by atoms with Crippen LogP contribution < -0.4 is 5.32 Å². The fourth-order valence-electron chi connectivity index (χ4n) is 4.03. The molecule has 1 N–H and O–H groups in total. The van der Waals surface area contributed by atoms with Crippen molar-refractivity contribution in [3.05, 3.63) is 40.7 Å². The molecule has 168 valence electrons. The van der Waals surface area contributed by atoms with Crippen LogP contribution in [0.25, 0.3) is 0 Å². The van der Waals surface area contributed by atoms with Crippen molar-refractivity contribution < 1.29 is 21.6 Å². The zero-order valence-corrected chi connectivity index (χ0v) is 19.3. The maximum Gasteiger partial charge on any atom is 0.259 e. The minimum Gasteiger partial charge on any atom is -0.322 e. The normalized spacial score (nSPS) is 21.4. The molecule has 0 unspecified atom stereocenters. The van der Waals surface area contributed by atoms with Gasteiger partial charge < -0.3 is 5.32 Å². The summed E-state index contributed by atoms with van der Waals surface area (Å²) in [5.41, 5.74) is 1.14. The van der Waals surface area contributed by atoms with Crippen LogP contribution in [0.4, 0.5) is 5.69 Å². The zero-order valence-electron chi connectivity index (χ0n) is 16.9. The summed E-state index contributed by atoms with van der Waals surface area (Å²) >= 11 is 6.16. The van der Waals surface area contributed by atoms with E-state index in [1.807, 2.05) is 0 Å². The molecule has 0 spiro atoms. The van der Waals surface area contributed by atoms with Gasteiger partial charge in [0.05, 0.1) is 34.3 Å². The highest BCUT2D eigenvalue weighted by molar-refractivity contribution is 7.91. The van der Waals surface area contributed by atoms with Gasteiger partial charge in [-0.3, -0.25) is 9.48 Å². The van der Waals surface area contributed by atoms with Crippen LogP contribution in [-0.4, -0.2) is 61.4 Å². The van der Waals surface area contributed by atoms with E-state index < -0.39 is 25.8 Å². The van der Waals surface area contributed by atoms with Crippen LogP contribution >= 0.6 is 11.6 Å². The van der Waals surface area contributed by atoms with Crippen LogP contribution in [0.2, 0.25) is 5.02 Å². The lowest BCUT2D eigenvalue weighted by Crippen LogP contribution is -2.28. The number of aromatic nitrogens is 2. The number of hydrogen-bond acceptors (Lipinski definition) is 6. The van der Waals surface area contributed by atoms with Crippen molar-refractivity contribution in [3.63, 3.8) is 0 Å². The second-order valence-corrected chi connectivity index (χ2v) is 12.4. The molecular formula is C19H23ClN4O5S2. The summed E-state index contributed by atoms with van der Waals surface area (Å²) in [6.07, 6.45) is 3.46. The smallest absolute Gasteiger partial charge is 0.259 e. The molecule has 1 aromatic heterocycles. The van der Waals surface area contributed by atoms with Crippen molar-refractivity contribution in [3.8, 4) is 0 Å². The second-order valence-electron chi connectivity index (χ2n) is 7.86. The Kier molecular flexibility index (Phi) is 5.88. The summed E-state index contributed by atoms with van der Waals surface area (Å²) in [6.45, 7) is 2.60. The van der Waals surface area contributed by atoms with Gasteiger partial charge in [-0.05, 0) is 44.4 Å². The number of hydrogen-bond donors (Lipinski definition) is 1. The first-order chi connectivity index (χ1) is 14.6. The second kappa shape index (κ2) is 8.19. The molecule has 0 saturated carbocycles. The molecule has 0 radical (unpaired) electrons. The average molecular weight is 487 g/mol. The number of sulfonamides is 1. The third-order valence-corrected chi connectivity index (χ3v) is 9.85. The number of amides is 1. The van der Waals surface area contributed by atoms with Gasteiger partial charge in [0.25, 0.3) is 5.91 Å². The summed E-state index contributed by atoms with van der Waals surface area (Å²) in [4.78, 5) is 12.8. The van der Waals surface area contributed by atoms with E-state index in [1.165, 1.54) is 28.7 Å². The Balaban J connectivity index is 1.56. The molecule has 2 saturated heterocycles. The van der Waals surface area contributed by atoms with Crippen LogP contribution in [0, 0.1) is 6.92 Å². The van der Waals surface area contributed by atoms with Gasteiger partial charge in [0.1, 0.15) is 4.90 Å². The highest BCUT2D eigenvalue weighted by atomic mass is 35.5. The van der Waals surface area contributed by atoms with Gasteiger partial charge in [0, 0.05) is 24.5 Å². The Morgan fingerprint density at radius 3 is 2.61 bits per heavy atom. The molecule has 1 aromatic carbocycles. The molecule has 2 fully saturated rings. The zero-order chi connectivity index (χ0) is 22.4. The Morgan fingerprint density at radius 1 is 1.26 bits per heavy atom. The fraction of sp³-hybridized carbons (Fsp3) is 0.474. The third-order valence-electron chi connectivity index (χ3n) is 5.72. The van der Waals surface area contributed by atoms with Crippen LogP contribution in [0.5, 0.6) is 0 Å². The quantitative estimate of drug-likeness (QED) is 0.692. The molecule has 1 atom stereocenters. The number of benzene rings is 1. The van der Waals surface area contributed by atoms with Gasteiger partial charge in [-0.2, -0.15) is 9.40 Å². The van der Waals surface area contributed by atoms with Crippen molar-refractivity contribution in [1.82, 2.24) is 14.1 Å². The van der Waals surface area contributed by atoms with E-state index in [1.54, 1.807) is 11.6 Å². The maximum absolute atomic E-state index is 12.9. The van der Waals surface area contributed by atoms with Crippen LogP contribution in [0.15, 0.2) is 29.3 Å². The number of carbonyl (C=O) groups is 1. The SMILES string of the molecule is Cc1c(C(=O)Nc2ccc(Cl)c(S(=O)(=O)N3CCCC3)c2)cnn1[C@H]1CCS(=O)(=O)C1. The van der Waals surface area contributed by atoms with Gasteiger partial charge in [-0.25, -0.2) is 16.8 Å². The van der Waals surface area contributed by atoms with E-state index in [0.717, 1.165) is 12.8 Å². The summed E-state index contributed by atoms with van der Waals surface area (Å²) in [6, 6.07) is 4.04. The summed E-state index contributed by atoms with van der Waals surface area (Å²) < 4.78 is 52.3. The van der Waals surface area contributed by atoms with Gasteiger partial charge in [0.15, 0.2) is 9.84 Å². The molecule has 9 nitrogen and oxygen atoms in total. The third kappa shape index (κ3) is 4.36. The predicted molar refractivity (Wildman–Crippen MR) is 117 cm³/mol. The van der Waals surface area contributed by atoms with Crippen molar-refractivity contribution in [1.29, 1.82) is 0 Å². The standard InChI is InChI=1S/C19H23ClN4O5S2/c1-13-16(11-21-24(13)15-6-9-30(26,27)12-15)19(25)22-14-4-5-17(20)18(10-14)31(28,29)23-7-2-3-8-23/h4-5,10-11,15H,2-3,6-9,12H2,1H3,(H,22,25)/t15-/m0/s1. The van der Waals surface area contributed by atoms with Gasteiger partial charge in [-0.1, -0.05) is 11.6 Å². The molecule has 0 bridgehead atoms. The lowest BCUT2D eigenvalue weighted by atomic mass is 10.2. The lowest BCUT2D eigenvalue weighted by molar-refractivity contribution is 0.102. The van der Waals surface area contributed by atoms with E-state index >= 15 is 0 Å². The van der Waals surface area contributed by atoms with E-state index in [-0.39, 0.29) is 27.5 Å². The molecule has 2 aliphatic rings. The minimum atomic E-state index is -3.74. The number of carbonyl (C=O) groups excluding carboxylic acids is 1. The molecule has 2 aromatic rings. The van der Waals surface area contributed by atoms with Crippen molar-refractivity contribution >= 4 is 43.1 Å². The topological polar surface area (TPSA) is 118 Å². The van der Waals surface area contributed by atoms with Crippen molar-refractivity contribution in [2.24, 2.45) is 0 Å². The minimum absolute atomic E-state index is 0.00544. The predicted octanol–water partition coefficient (Wildman–Crippen LogP) is 2.24. The first-order valence-electron chi connectivity index (χ1n) is 9.94. The first-order valence-corrected chi connectivity index (χ1v) is 13.6. The number of sulfone groups is 1. The highest BCUT2D eigenvalue weighted by Gasteiger charge is 2.32. The highest BCUT2D eigenvalue weighted by Crippen LogP contribution is 2.30. The molecule has 3 heterocycles. The summed E-state index contributed by atoms with van der Waals surface area (Å²) in [5.74, 6) is -0.348. The molecule has 0 aliphatic carbocycles. The van der Waals surface area contributed by atoms with Gasteiger partial charge >= 0.3 is 0 Å². The molecule has 2 aliphatic heterocycles.